The molecule has 38 heavy (non-hydrogen) atoms. The van der Waals surface area contributed by atoms with Crippen molar-refractivity contribution >= 4 is 47.6 Å². The SMILES string of the molecule is CC(C)OC(=O)C(C)NP(=O)(OCCSC(=O)C(C)(C)C)OCC1CCC(n2cnc3c(N)ncnc32)O1. The third kappa shape index (κ3) is 8.20. The van der Waals surface area contributed by atoms with Crippen molar-refractivity contribution in [2.75, 3.05) is 24.7 Å². The predicted molar refractivity (Wildman–Crippen MR) is 143 cm³/mol. The number of thioether (sulfide) groups is 1. The molecule has 0 aromatic carbocycles. The first-order chi connectivity index (χ1) is 17.8. The van der Waals surface area contributed by atoms with Crippen LogP contribution in [0.3, 0.4) is 0 Å². The molecule has 3 heterocycles. The number of imidazole rings is 1. The van der Waals surface area contributed by atoms with Gasteiger partial charge in [-0.15, -0.1) is 0 Å². The van der Waals surface area contributed by atoms with Gasteiger partial charge in [-0.25, -0.2) is 24.6 Å². The zero-order valence-corrected chi connectivity index (χ0v) is 24.3. The van der Waals surface area contributed by atoms with Crippen LogP contribution in [0.2, 0.25) is 0 Å². The molecule has 15 heteroatoms. The molecule has 4 unspecified atom stereocenters. The number of carbonyl (C=O) groups excluding carboxylic acids is 2. The van der Waals surface area contributed by atoms with Gasteiger partial charge in [-0.3, -0.25) is 23.2 Å². The molecule has 1 aliphatic rings. The van der Waals surface area contributed by atoms with E-state index >= 15 is 0 Å². The van der Waals surface area contributed by atoms with E-state index in [1.807, 2.05) is 20.8 Å². The Hall–Kier alpha value is -2.09. The molecule has 1 saturated heterocycles. The number of carbonyl (C=O) groups is 2. The number of rotatable bonds is 12. The fourth-order valence-corrected chi connectivity index (χ4v) is 5.93. The smallest absolute Gasteiger partial charge is 0.406 e. The van der Waals surface area contributed by atoms with E-state index in [1.54, 1.807) is 24.7 Å². The summed E-state index contributed by atoms with van der Waals surface area (Å²) in [6.45, 7) is 10.3. The summed E-state index contributed by atoms with van der Waals surface area (Å²) in [6, 6.07) is -0.952. The first-order valence-corrected chi connectivity index (χ1v) is 14.9. The van der Waals surface area contributed by atoms with Gasteiger partial charge >= 0.3 is 13.7 Å². The Morgan fingerprint density at radius 3 is 2.66 bits per heavy atom. The summed E-state index contributed by atoms with van der Waals surface area (Å²) in [5, 5.41) is 2.64. The van der Waals surface area contributed by atoms with Crippen LogP contribution in [-0.4, -0.2) is 67.8 Å². The Balaban J connectivity index is 1.61. The minimum Gasteiger partial charge on any atom is -0.462 e. The monoisotopic (exact) mass is 572 g/mol. The van der Waals surface area contributed by atoms with Crippen molar-refractivity contribution in [1.82, 2.24) is 24.6 Å². The largest absolute Gasteiger partial charge is 0.462 e. The maximum absolute atomic E-state index is 13.6. The van der Waals surface area contributed by atoms with Gasteiger partial charge in [0.2, 0.25) is 0 Å². The summed E-state index contributed by atoms with van der Waals surface area (Å²) in [6.07, 6.45) is 3.12. The van der Waals surface area contributed by atoms with Crippen molar-refractivity contribution in [2.24, 2.45) is 5.41 Å². The Morgan fingerprint density at radius 2 is 1.97 bits per heavy atom. The van der Waals surface area contributed by atoms with E-state index in [-0.39, 0.29) is 42.2 Å². The van der Waals surface area contributed by atoms with Gasteiger partial charge in [-0.2, -0.15) is 0 Å². The van der Waals surface area contributed by atoms with Crippen molar-refractivity contribution < 1.29 is 32.7 Å². The van der Waals surface area contributed by atoms with Crippen molar-refractivity contribution in [2.45, 2.75) is 78.9 Å². The second-order valence-corrected chi connectivity index (χ2v) is 13.1. The normalized spacial score (nSPS) is 20.5. The molecule has 3 N–H and O–H groups in total. The Bertz CT molecular complexity index is 1170. The van der Waals surface area contributed by atoms with Crippen molar-refractivity contribution in [3.8, 4) is 0 Å². The molecule has 1 fully saturated rings. The lowest BCUT2D eigenvalue weighted by Crippen LogP contribution is -2.36. The summed E-state index contributed by atoms with van der Waals surface area (Å²) in [4.78, 5) is 37.0. The van der Waals surface area contributed by atoms with Crippen LogP contribution < -0.4 is 10.8 Å². The van der Waals surface area contributed by atoms with E-state index in [2.05, 4.69) is 20.0 Å². The van der Waals surface area contributed by atoms with E-state index in [4.69, 9.17) is 24.3 Å². The van der Waals surface area contributed by atoms with Gasteiger partial charge in [-0.1, -0.05) is 32.5 Å². The quantitative estimate of drug-likeness (QED) is 0.215. The number of nitrogens with zero attached hydrogens (tertiary/aromatic N) is 4. The molecule has 0 bridgehead atoms. The maximum Gasteiger partial charge on any atom is 0.406 e. The zero-order chi connectivity index (χ0) is 28.1. The van der Waals surface area contributed by atoms with Crippen LogP contribution in [0.25, 0.3) is 11.2 Å². The fourth-order valence-electron chi connectivity index (χ4n) is 3.52. The number of anilines is 1. The van der Waals surface area contributed by atoms with Gasteiger partial charge in [-0.05, 0) is 33.6 Å². The molecular formula is C23H37N6O7PS. The summed E-state index contributed by atoms with van der Waals surface area (Å²) < 4.78 is 37.9. The number of nitrogens with two attached hydrogens (primary N) is 1. The molecule has 0 saturated carbocycles. The highest BCUT2D eigenvalue weighted by Gasteiger charge is 2.35. The second-order valence-electron chi connectivity index (χ2n) is 10.2. The number of aromatic nitrogens is 4. The van der Waals surface area contributed by atoms with Gasteiger partial charge < -0.3 is 15.2 Å². The molecule has 212 valence electrons. The fraction of sp³-hybridized carbons (Fsp3) is 0.696. The third-order valence-corrected chi connectivity index (χ3v) is 8.42. The van der Waals surface area contributed by atoms with Crippen LogP contribution in [0, 0.1) is 5.41 Å². The van der Waals surface area contributed by atoms with Crippen LogP contribution >= 0.6 is 19.5 Å². The van der Waals surface area contributed by atoms with Crippen molar-refractivity contribution in [1.29, 1.82) is 0 Å². The van der Waals surface area contributed by atoms with E-state index < -0.39 is 31.3 Å². The van der Waals surface area contributed by atoms with Gasteiger partial charge in [0.05, 0.1) is 31.7 Å². The summed E-state index contributed by atoms with van der Waals surface area (Å²) in [7, 11) is -3.96. The highest BCUT2D eigenvalue weighted by molar-refractivity contribution is 8.13. The first kappa shape index (κ1) is 30.5. The first-order valence-electron chi connectivity index (χ1n) is 12.4. The molecule has 1 aliphatic heterocycles. The number of hydrogen-bond donors (Lipinski definition) is 2. The molecule has 2 aromatic rings. The lowest BCUT2D eigenvalue weighted by Gasteiger charge is -2.24. The molecule has 4 atom stereocenters. The second kappa shape index (κ2) is 12.8. The molecular weight excluding hydrogens is 535 g/mol. The molecule has 0 radical (unpaired) electrons. The van der Waals surface area contributed by atoms with Crippen LogP contribution in [-0.2, 0) is 32.7 Å². The van der Waals surface area contributed by atoms with Crippen molar-refractivity contribution in [3.05, 3.63) is 12.7 Å². The van der Waals surface area contributed by atoms with Gasteiger partial charge in [0.1, 0.15) is 24.1 Å². The minimum absolute atomic E-state index is 0.0110. The molecule has 0 amide bonds. The van der Waals surface area contributed by atoms with Crippen LogP contribution in [0.4, 0.5) is 5.82 Å². The number of ether oxygens (including phenoxy) is 2. The van der Waals surface area contributed by atoms with E-state index in [0.29, 0.717) is 24.0 Å². The lowest BCUT2D eigenvalue weighted by atomic mass is 10.00. The van der Waals surface area contributed by atoms with Crippen LogP contribution in [0.5, 0.6) is 0 Å². The summed E-state index contributed by atoms with van der Waals surface area (Å²) in [5.41, 5.74) is 6.41. The van der Waals surface area contributed by atoms with Gasteiger partial charge in [0, 0.05) is 11.2 Å². The summed E-state index contributed by atoms with van der Waals surface area (Å²) in [5.74, 6) is -0.0326. The van der Waals surface area contributed by atoms with Gasteiger partial charge in [0.25, 0.3) is 0 Å². The maximum atomic E-state index is 13.6. The van der Waals surface area contributed by atoms with E-state index in [9.17, 15) is 14.2 Å². The van der Waals surface area contributed by atoms with Gasteiger partial charge in [0.15, 0.2) is 16.6 Å². The average Bonchev–Trinajstić information content (AvgIpc) is 3.47. The third-order valence-electron chi connectivity index (χ3n) is 5.46. The van der Waals surface area contributed by atoms with E-state index in [1.165, 1.54) is 13.3 Å². The minimum atomic E-state index is -3.96. The Morgan fingerprint density at radius 1 is 1.24 bits per heavy atom. The number of nitrogens with one attached hydrogen (secondary N) is 1. The molecule has 13 nitrogen and oxygen atoms in total. The predicted octanol–water partition coefficient (Wildman–Crippen LogP) is 3.46. The molecule has 2 aromatic heterocycles. The van der Waals surface area contributed by atoms with E-state index in [0.717, 1.165) is 11.8 Å². The summed E-state index contributed by atoms with van der Waals surface area (Å²) >= 11 is 1.09. The number of esters is 1. The average molecular weight is 573 g/mol. The molecule has 3 rings (SSSR count). The number of fused-ring (bicyclic) bond motifs is 1. The highest BCUT2D eigenvalue weighted by atomic mass is 32.2. The number of nitrogen functional groups attached to an aromatic ring is 1. The van der Waals surface area contributed by atoms with Crippen LogP contribution in [0.15, 0.2) is 12.7 Å². The zero-order valence-electron chi connectivity index (χ0n) is 22.6. The Kier molecular flexibility index (Phi) is 10.3. The molecule has 0 aliphatic carbocycles. The van der Waals surface area contributed by atoms with Crippen LogP contribution in [0.1, 0.15) is 60.6 Å². The number of hydrogen-bond acceptors (Lipinski definition) is 12. The molecule has 0 spiro atoms. The highest BCUT2D eigenvalue weighted by Crippen LogP contribution is 2.46. The lowest BCUT2D eigenvalue weighted by molar-refractivity contribution is -0.149. The topological polar surface area (TPSA) is 170 Å². The standard InChI is InChI=1S/C23H37N6O7PS/c1-14(2)35-21(30)15(3)28-37(32,33-9-10-38-22(31)23(4,5)6)34-11-16-7-8-17(36-16)29-13-27-18-19(24)25-12-26-20(18)29/h12-17H,7-11H2,1-6H3,(H,28,32)(H2,24,25,26). The van der Waals surface area contributed by atoms with Crippen molar-refractivity contribution in [3.63, 3.8) is 0 Å². The Labute approximate surface area is 226 Å².